The summed E-state index contributed by atoms with van der Waals surface area (Å²) in [6, 6.07) is 15.7. The zero-order valence-corrected chi connectivity index (χ0v) is 47.7. The average molecular weight is 1060 g/mol. The maximum atomic E-state index is 13.7. The van der Waals surface area contributed by atoms with Gasteiger partial charge in [0.05, 0.1) is 38.8 Å². The molecule has 15 heteroatoms. The number of amides is 1. The molecule has 1 N–H and O–H groups in total. The smallest absolute Gasteiger partial charge is 0.325 e. The van der Waals surface area contributed by atoms with E-state index < -0.39 is 11.9 Å². The van der Waals surface area contributed by atoms with E-state index in [4.69, 9.17) is 33.2 Å². The number of anilines is 3. The molecular weight excluding hydrogens is 975 g/mol. The lowest BCUT2D eigenvalue weighted by atomic mass is 9.86. The van der Waals surface area contributed by atoms with Crippen molar-refractivity contribution in [3.63, 3.8) is 0 Å². The molecular formula is C62H89N5O10. The van der Waals surface area contributed by atoms with Crippen LogP contribution in [-0.2, 0) is 28.6 Å². The first kappa shape index (κ1) is 60.0. The van der Waals surface area contributed by atoms with E-state index in [0.29, 0.717) is 53.1 Å². The van der Waals surface area contributed by atoms with Crippen LogP contribution in [0.3, 0.4) is 0 Å². The number of hydrogen-bond acceptors (Lipinski definition) is 14. The summed E-state index contributed by atoms with van der Waals surface area (Å²) in [4.78, 5) is 47.5. The highest BCUT2D eigenvalue weighted by Crippen LogP contribution is 2.49. The molecule has 0 spiro atoms. The largest absolute Gasteiger partial charge is 0.488 e. The van der Waals surface area contributed by atoms with Gasteiger partial charge in [-0.2, -0.15) is 0 Å². The highest BCUT2D eigenvalue weighted by Gasteiger charge is 2.32. The van der Waals surface area contributed by atoms with Gasteiger partial charge in [-0.25, -0.2) is 0 Å². The van der Waals surface area contributed by atoms with Gasteiger partial charge in [-0.15, -0.1) is 0 Å². The van der Waals surface area contributed by atoms with Gasteiger partial charge in [0.2, 0.25) is 0 Å². The van der Waals surface area contributed by atoms with Gasteiger partial charge >= 0.3 is 11.9 Å². The fourth-order valence-electron chi connectivity index (χ4n) is 9.91. The molecule has 0 saturated carbocycles. The highest BCUT2D eigenvalue weighted by atomic mass is 16.5. The molecule has 0 radical (unpaired) electrons. The minimum absolute atomic E-state index is 0.0108. The SMILES string of the molecule is CCCCCCCCCCCCCCCCCCNC(=O)COc1cc2c(cc1C1=C3C=CC(N(C)C)C=C3Oc3cc(N(C)C)ccc31)OCCOc1cc(C)ccc1N(CC(=O)OC)CCOCCN2CC(=O)OC. The number of unbranched alkanes of at least 4 members (excludes halogenated alkanes) is 15. The number of carbonyl (C=O) groups is 3. The van der Waals surface area contributed by atoms with Gasteiger partial charge in [-0.05, 0) is 69.4 Å². The molecule has 0 fully saturated rings. The summed E-state index contributed by atoms with van der Waals surface area (Å²) >= 11 is 0. The Balaban J connectivity index is 1.26. The van der Waals surface area contributed by atoms with Gasteiger partial charge in [0.25, 0.3) is 5.91 Å². The number of methoxy groups -OCH3 is 2. The second-order valence-corrected chi connectivity index (χ2v) is 20.8. The molecule has 3 aliphatic rings. The molecule has 0 bridgehead atoms. The van der Waals surface area contributed by atoms with Crippen molar-refractivity contribution in [3.8, 4) is 23.0 Å². The predicted octanol–water partition coefficient (Wildman–Crippen LogP) is 10.8. The Morgan fingerprint density at radius 2 is 1.25 bits per heavy atom. The van der Waals surface area contributed by atoms with Gasteiger partial charge in [-0.1, -0.05) is 121 Å². The number of carbonyl (C=O) groups excluding carboxylic acids is 3. The lowest BCUT2D eigenvalue weighted by Gasteiger charge is -2.32. The van der Waals surface area contributed by atoms with Crippen molar-refractivity contribution < 1.29 is 47.5 Å². The lowest BCUT2D eigenvalue weighted by molar-refractivity contribution is -0.139. The van der Waals surface area contributed by atoms with Crippen LogP contribution in [0.1, 0.15) is 126 Å². The van der Waals surface area contributed by atoms with Crippen molar-refractivity contribution in [2.45, 2.75) is 123 Å². The number of likely N-dealkylation sites (N-methyl/N-ethyl adjacent to an activating group) is 1. The Morgan fingerprint density at radius 3 is 1.83 bits per heavy atom. The van der Waals surface area contributed by atoms with Crippen LogP contribution in [0, 0.1) is 6.92 Å². The van der Waals surface area contributed by atoms with Crippen LogP contribution in [0.25, 0.3) is 5.57 Å². The summed E-state index contributed by atoms with van der Waals surface area (Å²) in [5.41, 5.74) is 6.37. The van der Waals surface area contributed by atoms with Crippen LogP contribution in [0.2, 0.25) is 0 Å². The Bertz CT molecular complexity index is 2470. The van der Waals surface area contributed by atoms with Gasteiger partial charge in [0.15, 0.2) is 6.61 Å². The van der Waals surface area contributed by atoms with Crippen LogP contribution in [0.15, 0.2) is 78.1 Å². The number of ether oxygens (including phenoxy) is 7. The molecule has 3 aromatic rings. The number of benzene rings is 3. The number of nitrogens with zero attached hydrogens (tertiary/aromatic N) is 4. The first-order chi connectivity index (χ1) is 37.4. The molecule has 6 rings (SSSR count). The summed E-state index contributed by atoms with van der Waals surface area (Å²) in [5.74, 6) is 1.70. The van der Waals surface area contributed by atoms with Crippen molar-refractivity contribution in [1.82, 2.24) is 10.2 Å². The lowest BCUT2D eigenvalue weighted by Crippen LogP contribution is -2.36. The summed E-state index contributed by atoms with van der Waals surface area (Å²) in [6.45, 7) is 5.76. The topological polar surface area (TPSA) is 141 Å². The number of aryl methyl sites for hydroxylation is 1. The highest BCUT2D eigenvalue weighted by molar-refractivity contribution is 5.95. The third kappa shape index (κ3) is 18.5. The summed E-state index contributed by atoms with van der Waals surface area (Å²) in [7, 11) is 10.8. The van der Waals surface area contributed by atoms with Crippen molar-refractivity contribution in [2.24, 2.45) is 0 Å². The Morgan fingerprint density at radius 1 is 0.662 bits per heavy atom. The Kier molecular flexibility index (Phi) is 24.9. The average Bonchev–Trinajstić information content (AvgIpc) is 3.45. The first-order valence-electron chi connectivity index (χ1n) is 28.4. The first-order valence-corrected chi connectivity index (χ1v) is 28.4. The van der Waals surface area contributed by atoms with Crippen LogP contribution >= 0.6 is 0 Å². The van der Waals surface area contributed by atoms with E-state index in [2.05, 4.69) is 47.5 Å². The van der Waals surface area contributed by atoms with Crippen molar-refractivity contribution >= 4 is 40.5 Å². The normalized spacial score (nSPS) is 15.5. The Hall–Kier alpha value is -6.19. The second kappa shape index (κ2) is 31.9. The van der Waals surface area contributed by atoms with E-state index in [1.807, 2.05) is 86.2 Å². The molecule has 3 aromatic carbocycles. The van der Waals surface area contributed by atoms with Gasteiger partial charge in [0.1, 0.15) is 55.1 Å². The maximum absolute atomic E-state index is 13.7. The number of rotatable bonds is 27. The van der Waals surface area contributed by atoms with E-state index in [0.717, 1.165) is 52.9 Å². The summed E-state index contributed by atoms with van der Waals surface area (Å²) in [6.07, 6.45) is 26.9. The van der Waals surface area contributed by atoms with Crippen LogP contribution in [0.5, 0.6) is 23.0 Å². The fourth-order valence-corrected chi connectivity index (χ4v) is 9.91. The molecule has 0 saturated heterocycles. The van der Waals surface area contributed by atoms with Crippen molar-refractivity contribution in [3.05, 3.63) is 94.8 Å². The monoisotopic (exact) mass is 1060 g/mol. The molecule has 2 aliphatic heterocycles. The standard InChI is InChI=1S/C62H89N5O10/c1-9-10-11-12-13-14-15-16-17-18-19-20-21-22-23-24-31-63-59(68)45-76-54-42-53-58(41-51(54)62-49-28-26-47(64(3)4)39-55(49)77-56-40-48(65(5)6)27-29-50(56)62)75-37-36-74-57-38-46(2)25-30-52(57)66(43-60(69)71-7)32-34-73-35-33-67(53)44-61(70)72-8/h25-30,38-42,47H,9-24,31-37,43-45H2,1-8H3,(H,63,68). The zero-order chi connectivity index (χ0) is 54.9. The minimum Gasteiger partial charge on any atom is -0.488 e. The van der Waals surface area contributed by atoms with Gasteiger partial charge < -0.3 is 53.2 Å². The quantitative estimate of drug-likeness (QED) is 0.0572. The molecule has 77 heavy (non-hydrogen) atoms. The van der Waals surface area contributed by atoms with E-state index >= 15 is 0 Å². The number of hydrogen-bond donors (Lipinski definition) is 1. The predicted molar refractivity (Wildman–Crippen MR) is 308 cm³/mol. The molecule has 0 aromatic heterocycles. The third-order valence-electron chi connectivity index (χ3n) is 14.4. The summed E-state index contributed by atoms with van der Waals surface area (Å²) in [5, 5.41) is 3.11. The molecule has 15 nitrogen and oxygen atoms in total. The number of esters is 2. The molecule has 1 aliphatic carbocycles. The van der Waals surface area contributed by atoms with E-state index in [-0.39, 0.29) is 64.6 Å². The molecule has 1 atom stereocenters. The molecule has 2 heterocycles. The number of fused-ring (bicyclic) bond motifs is 4. The summed E-state index contributed by atoms with van der Waals surface area (Å²) < 4.78 is 43.2. The van der Waals surface area contributed by atoms with E-state index in [1.54, 1.807) is 0 Å². The zero-order valence-electron chi connectivity index (χ0n) is 47.7. The Labute approximate surface area is 459 Å². The maximum Gasteiger partial charge on any atom is 0.325 e. The number of nitrogens with one attached hydrogen (secondary N) is 1. The van der Waals surface area contributed by atoms with Crippen LogP contribution < -0.4 is 39.0 Å². The van der Waals surface area contributed by atoms with E-state index in [1.165, 1.54) is 97.7 Å². The van der Waals surface area contributed by atoms with Crippen LogP contribution in [-0.4, -0.2) is 137 Å². The van der Waals surface area contributed by atoms with Crippen LogP contribution in [0.4, 0.5) is 17.1 Å². The fraction of sp³-hybridized carbons (Fsp3) is 0.565. The third-order valence-corrected chi connectivity index (χ3v) is 14.4. The second-order valence-electron chi connectivity index (χ2n) is 20.8. The minimum atomic E-state index is -0.468. The van der Waals surface area contributed by atoms with Gasteiger partial charge in [0, 0.05) is 79.9 Å². The van der Waals surface area contributed by atoms with Crippen molar-refractivity contribution in [1.29, 1.82) is 0 Å². The van der Waals surface area contributed by atoms with Gasteiger partial charge in [-0.3, -0.25) is 19.3 Å². The molecule has 422 valence electrons. The van der Waals surface area contributed by atoms with E-state index in [9.17, 15) is 14.4 Å². The molecule has 1 amide bonds. The number of allylic oxidation sites excluding steroid dienone is 1. The molecule has 1 unspecified atom stereocenters. The van der Waals surface area contributed by atoms with Crippen molar-refractivity contribution in [2.75, 3.05) is 123 Å².